The Balaban J connectivity index is 2.07. The third-order valence-corrected chi connectivity index (χ3v) is 4.28. The summed E-state index contributed by atoms with van der Waals surface area (Å²) in [6.07, 6.45) is -0.994. The smallest absolute Gasteiger partial charge is 0.418 e. The molecule has 6 heteroatoms. The van der Waals surface area contributed by atoms with Crippen LogP contribution in [0.3, 0.4) is 0 Å². The molecule has 0 aliphatic heterocycles. The zero-order valence-corrected chi connectivity index (χ0v) is 17.0. The van der Waals surface area contributed by atoms with Crippen molar-refractivity contribution in [1.82, 2.24) is 0 Å². The van der Waals surface area contributed by atoms with E-state index in [1.807, 2.05) is 60.7 Å². The van der Waals surface area contributed by atoms with E-state index in [9.17, 15) is 9.59 Å². The van der Waals surface area contributed by atoms with Gasteiger partial charge in [-0.25, -0.2) is 19.4 Å². The van der Waals surface area contributed by atoms with Gasteiger partial charge in [0.25, 0.3) is 0 Å². The normalized spacial score (nSPS) is 10.2. The number of benzene rings is 3. The summed E-state index contributed by atoms with van der Waals surface area (Å²) in [5.74, 6) is 0. The lowest BCUT2D eigenvalue weighted by Crippen LogP contribution is -2.28. The van der Waals surface area contributed by atoms with Gasteiger partial charge in [-0.05, 0) is 56.3 Å². The first-order chi connectivity index (χ1) is 14.7. The number of carbonyl (C=O) groups is 2. The lowest BCUT2D eigenvalue weighted by molar-refractivity contribution is 0.162. The van der Waals surface area contributed by atoms with Crippen LogP contribution in [0.15, 0.2) is 84.9 Å². The fraction of sp³-hybridized carbons (Fsp3) is 0.167. The molecule has 3 aromatic rings. The summed E-state index contributed by atoms with van der Waals surface area (Å²) in [5.41, 5.74) is 2.47. The first-order valence-electron chi connectivity index (χ1n) is 9.79. The van der Waals surface area contributed by atoms with E-state index in [0.29, 0.717) is 22.7 Å². The Kier molecular flexibility index (Phi) is 7.05. The molecule has 2 amide bonds. The van der Waals surface area contributed by atoms with Crippen LogP contribution in [0.25, 0.3) is 0 Å². The number of ether oxygens (including phenoxy) is 2. The summed E-state index contributed by atoms with van der Waals surface area (Å²) in [7, 11) is 0. The van der Waals surface area contributed by atoms with Crippen molar-refractivity contribution < 1.29 is 19.1 Å². The van der Waals surface area contributed by atoms with Crippen molar-refractivity contribution in [3.8, 4) is 0 Å². The van der Waals surface area contributed by atoms with Crippen molar-refractivity contribution in [2.24, 2.45) is 0 Å². The number of anilines is 4. The van der Waals surface area contributed by atoms with E-state index in [4.69, 9.17) is 9.47 Å². The first-order valence-corrected chi connectivity index (χ1v) is 9.79. The second kappa shape index (κ2) is 10.1. The standard InChI is InChI=1S/C24H24N2O4/c1-3-29-23(27)25(19-12-7-5-8-13-19)21-16-11-17-22(18-21)26(24(28)30-4-2)20-14-9-6-10-15-20/h5-18H,3-4H2,1-2H3. The van der Waals surface area contributed by atoms with Gasteiger partial charge in [0.05, 0.1) is 36.0 Å². The van der Waals surface area contributed by atoms with Gasteiger partial charge in [-0.3, -0.25) is 0 Å². The van der Waals surface area contributed by atoms with Crippen molar-refractivity contribution in [3.05, 3.63) is 84.9 Å². The zero-order chi connectivity index (χ0) is 21.3. The van der Waals surface area contributed by atoms with Crippen LogP contribution in [0.4, 0.5) is 32.3 Å². The largest absolute Gasteiger partial charge is 0.449 e. The van der Waals surface area contributed by atoms with Crippen molar-refractivity contribution in [2.45, 2.75) is 13.8 Å². The molecule has 0 N–H and O–H groups in total. The number of carbonyl (C=O) groups excluding carboxylic acids is 2. The molecular formula is C24H24N2O4. The minimum Gasteiger partial charge on any atom is -0.449 e. The Morgan fingerprint density at radius 1 is 0.600 bits per heavy atom. The molecule has 0 heterocycles. The molecule has 0 aliphatic rings. The molecule has 3 rings (SSSR count). The number of nitrogens with zero attached hydrogens (tertiary/aromatic N) is 2. The minimum absolute atomic E-state index is 0.251. The molecule has 0 saturated heterocycles. The molecule has 0 aromatic heterocycles. The maximum absolute atomic E-state index is 12.7. The summed E-state index contributed by atoms with van der Waals surface area (Å²) in [5, 5.41) is 0. The molecule has 6 nitrogen and oxygen atoms in total. The average Bonchev–Trinajstić information content (AvgIpc) is 2.76. The lowest BCUT2D eigenvalue weighted by atomic mass is 10.2. The summed E-state index contributed by atoms with van der Waals surface area (Å²) in [6.45, 7) is 4.02. The SMILES string of the molecule is CCOC(=O)N(c1ccccc1)c1cccc(N(C(=O)OCC)c2ccccc2)c1. The molecular weight excluding hydrogens is 380 g/mol. The maximum atomic E-state index is 12.7. The van der Waals surface area contributed by atoms with Gasteiger partial charge in [0.2, 0.25) is 0 Å². The summed E-state index contributed by atoms with van der Waals surface area (Å²) < 4.78 is 10.5. The number of rotatable bonds is 6. The number of para-hydroxylation sites is 2. The number of amides is 2. The number of hydrogen-bond acceptors (Lipinski definition) is 4. The summed E-state index contributed by atoms with van der Waals surface area (Å²) >= 11 is 0. The maximum Gasteiger partial charge on any atom is 0.418 e. The lowest BCUT2D eigenvalue weighted by Gasteiger charge is -2.26. The van der Waals surface area contributed by atoms with Crippen LogP contribution >= 0.6 is 0 Å². The molecule has 0 aliphatic carbocycles. The molecule has 30 heavy (non-hydrogen) atoms. The topological polar surface area (TPSA) is 59.1 Å². The van der Waals surface area contributed by atoms with E-state index in [2.05, 4.69) is 0 Å². The molecule has 0 bridgehead atoms. The Labute approximate surface area is 176 Å². The summed E-state index contributed by atoms with van der Waals surface area (Å²) in [6, 6.07) is 25.6. The van der Waals surface area contributed by atoms with Gasteiger partial charge in [0, 0.05) is 0 Å². The van der Waals surface area contributed by atoms with Gasteiger partial charge in [-0.2, -0.15) is 0 Å². The Hall–Kier alpha value is -3.80. The van der Waals surface area contributed by atoms with Crippen LogP contribution in [-0.2, 0) is 9.47 Å². The predicted molar refractivity (Wildman–Crippen MR) is 118 cm³/mol. The zero-order valence-electron chi connectivity index (χ0n) is 17.0. The van der Waals surface area contributed by atoms with Gasteiger partial charge >= 0.3 is 12.2 Å². The molecule has 0 saturated carbocycles. The van der Waals surface area contributed by atoms with Crippen LogP contribution in [0, 0.1) is 0 Å². The van der Waals surface area contributed by atoms with Gasteiger partial charge in [-0.1, -0.05) is 42.5 Å². The van der Waals surface area contributed by atoms with Crippen molar-refractivity contribution in [3.63, 3.8) is 0 Å². The molecule has 3 aromatic carbocycles. The molecule has 0 fully saturated rings. The van der Waals surface area contributed by atoms with E-state index >= 15 is 0 Å². The van der Waals surface area contributed by atoms with Crippen LogP contribution in [0.1, 0.15) is 13.8 Å². The highest BCUT2D eigenvalue weighted by molar-refractivity contribution is 5.99. The van der Waals surface area contributed by atoms with Gasteiger partial charge < -0.3 is 9.47 Å². The monoisotopic (exact) mass is 404 g/mol. The van der Waals surface area contributed by atoms with Crippen LogP contribution in [-0.4, -0.2) is 25.4 Å². The first kappa shape index (κ1) is 20.9. The third kappa shape index (κ3) is 4.78. The van der Waals surface area contributed by atoms with Crippen molar-refractivity contribution in [2.75, 3.05) is 23.0 Å². The van der Waals surface area contributed by atoms with Crippen molar-refractivity contribution >= 4 is 34.9 Å². The number of hydrogen-bond donors (Lipinski definition) is 0. The van der Waals surface area contributed by atoms with Gasteiger partial charge in [0.15, 0.2) is 0 Å². The quantitative estimate of drug-likeness (QED) is 0.485. The highest BCUT2D eigenvalue weighted by Gasteiger charge is 2.23. The summed E-state index contributed by atoms with van der Waals surface area (Å²) in [4.78, 5) is 28.4. The third-order valence-electron chi connectivity index (χ3n) is 4.28. The molecule has 0 atom stereocenters. The minimum atomic E-state index is -0.497. The predicted octanol–water partition coefficient (Wildman–Crippen LogP) is 6.28. The van der Waals surface area contributed by atoms with Crippen LogP contribution in [0.5, 0.6) is 0 Å². The Bertz CT molecular complexity index is 900. The van der Waals surface area contributed by atoms with E-state index in [1.165, 1.54) is 9.80 Å². The highest BCUT2D eigenvalue weighted by atomic mass is 16.6. The fourth-order valence-corrected chi connectivity index (χ4v) is 3.02. The van der Waals surface area contributed by atoms with Gasteiger partial charge in [0.1, 0.15) is 0 Å². The van der Waals surface area contributed by atoms with Gasteiger partial charge in [-0.15, -0.1) is 0 Å². The molecule has 0 unspecified atom stereocenters. The Morgan fingerprint density at radius 2 is 0.967 bits per heavy atom. The molecule has 154 valence electrons. The van der Waals surface area contributed by atoms with Crippen molar-refractivity contribution in [1.29, 1.82) is 0 Å². The molecule has 0 spiro atoms. The van der Waals surface area contributed by atoms with E-state index < -0.39 is 12.2 Å². The average molecular weight is 404 g/mol. The van der Waals surface area contributed by atoms with E-state index in [0.717, 1.165) is 0 Å². The second-order valence-electron chi connectivity index (χ2n) is 6.26. The fourth-order valence-electron chi connectivity index (χ4n) is 3.02. The van der Waals surface area contributed by atoms with E-state index in [1.54, 1.807) is 38.1 Å². The van der Waals surface area contributed by atoms with Crippen LogP contribution in [0.2, 0.25) is 0 Å². The highest BCUT2D eigenvalue weighted by Crippen LogP contribution is 2.33. The molecule has 0 radical (unpaired) electrons. The van der Waals surface area contributed by atoms with E-state index in [-0.39, 0.29) is 13.2 Å². The van der Waals surface area contributed by atoms with Crippen LogP contribution < -0.4 is 9.80 Å². The second-order valence-corrected chi connectivity index (χ2v) is 6.26. The Morgan fingerprint density at radius 3 is 1.33 bits per heavy atom.